The van der Waals surface area contributed by atoms with E-state index in [2.05, 4.69) is 34.3 Å². The second-order valence-corrected chi connectivity index (χ2v) is 7.14. The van der Waals surface area contributed by atoms with Crippen LogP contribution in [0.2, 0.25) is 0 Å². The van der Waals surface area contributed by atoms with Crippen molar-refractivity contribution in [1.82, 2.24) is 10.6 Å². The van der Waals surface area contributed by atoms with Crippen LogP contribution in [0.25, 0.3) is 0 Å². The molecule has 1 saturated heterocycles. The van der Waals surface area contributed by atoms with E-state index in [9.17, 15) is 18.4 Å². The second kappa shape index (κ2) is 18.7. The lowest BCUT2D eigenvalue weighted by atomic mass is 10.2. The molecule has 0 atom stereocenters. The number of carbonyl (C=O) groups excluding carboxylic acids is 2. The highest BCUT2D eigenvalue weighted by Gasteiger charge is 1.95. The number of amides is 2. The van der Waals surface area contributed by atoms with Crippen LogP contribution in [0.4, 0.5) is 8.78 Å². The average molecular weight is 484 g/mol. The Kier molecular flexibility index (Phi) is 15.6. The van der Waals surface area contributed by atoms with Gasteiger partial charge in [-0.3, -0.25) is 9.59 Å². The average Bonchev–Trinajstić information content (AvgIpc) is 3.45. The molecule has 2 aromatic carbocycles. The Morgan fingerprint density at radius 3 is 1.74 bits per heavy atom. The van der Waals surface area contributed by atoms with Gasteiger partial charge in [-0.1, -0.05) is 30.9 Å². The number of benzene rings is 2. The van der Waals surface area contributed by atoms with Gasteiger partial charge in [0.25, 0.3) is 11.8 Å². The van der Waals surface area contributed by atoms with Gasteiger partial charge in [-0.25, -0.2) is 8.78 Å². The Morgan fingerprint density at radius 1 is 0.886 bits per heavy atom. The zero-order chi connectivity index (χ0) is 25.7. The molecule has 6 nitrogen and oxygen atoms in total. The third-order valence-corrected chi connectivity index (χ3v) is 4.08. The molecular formula is C27H31F2N3O3. The third kappa shape index (κ3) is 15.7. The van der Waals surface area contributed by atoms with Gasteiger partial charge in [-0.2, -0.15) is 0 Å². The van der Waals surface area contributed by atoms with Gasteiger partial charge >= 0.3 is 0 Å². The van der Waals surface area contributed by atoms with Crippen molar-refractivity contribution in [3.8, 4) is 23.7 Å². The normalized spacial score (nSPS) is 11.1. The van der Waals surface area contributed by atoms with E-state index in [1.54, 1.807) is 18.2 Å². The topological polar surface area (TPSA) is 93.4 Å². The molecule has 1 heterocycles. The van der Waals surface area contributed by atoms with Crippen LogP contribution in [0.1, 0.15) is 37.3 Å². The number of hydrogen-bond donors (Lipinski definition) is 3. The van der Waals surface area contributed by atoms with Gasteiger partial charge in [0, 0.05) is 55.8 Å². The lowest BCUT2D eigenvalue weighted by Crippen LogP contribution is -2.27. The highest BCUT2D eigenvalue weighted by Crippen LogP contribution is 2.01. The molecule has 186 valence electrons. The van der Waals surface area contributed by atoms with Crippen molar-refractivity contribution in [2.45, 2.75) is 26.2 Å². The zero-order valence-electron chi connectivity index (χ0n) is 19.8. The van der Waals surface area contributed by atoms with Crippen molar-refractivity contribution in [2.24, 2.45) is 5.73 Å². The van der Waals surface area contributed by atoms with Gasteiger partial charge in [0.2, 0.25) is 0 Å². The van der Waals surface area contributed by atoms with E-state index >= 15 is 0 Å². The molecule has 0 radical (unpaired) electrons. The fraction of sp³-hybridized carbons (Fsp3) is 0.333. The summed E-state index contributed by atoms with van der Waals surface area (Å²) in [6.07, 6.45) is 3.42. The van der Waals surface area contributed by atoms with Gasteiger partial charge in [0.1, 0.15) is 11.6 Å². The molecule has 0 spiro atoms. The Labute approximate surface area is 205 Å². The second-order valence-electron chi connectivity index (χ2n) is 7.14. The van der Waals surface area contributed by atoms with Crippen LogP contribution in [0.15, 0.2) is 48.5 Å². The molecular weight excluding hydrogens is 452 g/mol. The maximum absolute atomic E-state index is 12.7. The molecule has 35 heavy (non-hydrogen) atoms. The van der Waals surface area contributed by atoms with Gasteiger partial charge in [0.15, 0.2) is 0 Å². The Hall–Kier alpha value is -3.72. The summed E-state index contributed by atoms with van der Waals surface area (Å²) in [5.74, 6) is 8.41. The number of nitrogens with one attached hydrogen (secondary N) is 2. The number of carbonyl (C=O) groups is 2. The van der Waals surface area contributed by atoms with Crippen LogP contribution in [0, 0.1) is 35.3 Å². The lowest BCUT2D eigenvalue weighted by molar-refractivity contribution is -0.116. The summed E-state index contributed by atoms with van der Waals surface area (Å²) in [6.45, 7) is 5.32. The maximum atomic E-state index is 12.7. The van der Waals surface area contributed by atoms with Crippen LogP contribution >= 0.6 is 0 Å². The van der Waals surface area contributed by atoms with Crippen molar-refractivity contribution < 1.29 is 23.1 Å². The zero-order valence-corrected chi connectivity index (χ0v) is 19.8. The predicted octanol–water partition coefficient (Wildman–Crippen LogP) is 2.75. The SMILES string of the molecule is C1CCOC1.CCCNC(=O)C#Cc1cccc(F)c1.NCCNC(=O)C#Cc1cccc(F)c1. The number of halogens is 2. The van der Waals surface area contributed by atoms with Crippen LogP contribution in [-0.2, 0) is 14.3 Å². The Bertz CT molecular complexity index is 962. The molecule has 1 fully saturated rings. The van der Waals surface area contributed by atoms with Crippen molar-refractivity contribution in [1.29, 1.82) is 0 Å². The Balaban J connectivity index is 0.000000292. The summed E-state index contributed by atoms with van der Waals surface area (Å²) in [7, 11) is 0. The van der Waals surface area contributed by atoms with E-state index in [-0.39, 0.29) is 17.5 Å². The third-order valence-electron chi connectivity index (χ3n) is 4.08. The number of ether oxygens (including phenoxy) is 1. The van der Waals surface area contributed by atoms with Gasteiger partial charge in [0.05, 0.1) is 0 Å². The minimum absolute atomic E-state index is 0.332. The van der Waals surface area contributed by atoms with Crippen LogP contribution in [-0.4, -0.2) is 44.7 Å². The van der Waals surface area contributed by atoms with Crippen LogP contribution in [0.3, 0.4) is 0 Å². The van der Waals surface area contributed by atoms with E-state index in [1.807, 2.05) is 6.92 Å². The highest BCUT2D eigenvalue weighted by atomic mass is 19.1. The summed E-state index contributed by atoms with van der Waals surface area (Å²) in [5.41, 5.74) is 6.16. The minimum Gasteiger partial charge on any atom is -0.381 e. The maximum Gasteiger partial charge on any atom is 0.296 e. The largest absolute Gasteiger partial charge is 0.381 e. The molecule has 0 bridgehead atoms. The molecule has 2 amide bonds. The molecule has 1 aliphatic heterocycles. The van der Waals surface area contributed by atoms with E-state index in [1.165, 1.54) is 43.2 Å². The number of hydrogen-bond acceptors (Lipinski definition) is 4. The predicted molar refractivity (Wildman–Crippen MR) is 132 cm³/mol. The number of rotatable bonds is 4. The van der Waals surface area contributed by atoms with Gasteiger partial charge in [-0.05, 0) is 55.7 Å². The summed E-state index contributed by atoms with van der Waals surface area (Å²) < 4.78 is 30.4. The van der Waals surface area contributed by atoms with Crippen LogP contribution < -0.4 is 16.4 Å². The van der Waals surface area contributed by atoms with Crippen molar-refractivity contribution >= 4 is 11.8 Å². The smallest absolute Gasteiger partial charge is 0.296 e. The quantitative estimate of drug-likeness (QED) is 0.583. The Morgan fingerprint density at radius 2 is 1.37 bits per heavy atom. The first-order chi connectivity index (χ1) is 16.9. The van der Waals surface area contributed by atoms with E-state index < -0.39 is 5.91 Å². The molecule has 0 saturated carbocycles. The molecule has 0 aromatic heterocycles. The molecule has 0 aliphatic carbocycles. The van der Waals surface area contributed by atoms with Crippen molar-refractivity contribution in [2.75, 3.05) is 32.8 Å². The van der Waals surface area contributed by atoms with E-state index in [0.29, 0.717) is 30.8 Å². The molecule has 0 unspecified atom stereocenters. The van der Waals surface area contributed by atoms with Crippen molar-refractivity contribution in [3.05, 3.63) is 71.3 Å². The summed E-state index contributed by atoms with van der Waals surface area (Å²) in [6, 6.07) is 11.6. The molecule has 4 N–H and O–H groups in total. The van der Waals surface area contributed by atoms with E-state index in [0.717, 1.165) is 19.6 Å². The first-order valence-corrected chi connectivity index (χ1v) is 11.3. The fourth-order valence-electron chi connectivity index (χ4n) is 2.41. The number of nitrogens with two attached hydrogens (primary N) is 1. The van der Waals surface area contributed by atoms with E-state index in [4.69, 9.17) is 10.5 Å². The minimum atomic E-state index is -0.412. The standard InChI is InChI=1S/C12H12FNO.C11H11FN2O.C4H8O/c1-2-8-14-12(15)7-6-10-4-3-5-11(13)9-10;12-10-3-1-2-9(8-10)4-5-11(15)14-7-6-13;1-2-4-5-3-1/h3-5,9H,2,8H2,1H3,(H,14,15);1-3,8H,6-7,13H2,(H,14,15);1-4H2. The fourth-order valence-corrected chi connectivity index (χ4v) is 2.41. The molecule has 3 rings (SSSR count). The first kappa shape index (κ1) is 29.3. The van der Waals surface area contributed by atoms with Gasteiger partial charge < -0.3 is 21.1 Å². The summed E-state index contributed by atoms with van der Waals surface area (Å²) >= 11 is 0. The lowest BCUT2D eigenvalue weighted by Gasteiger charge is -1.94. The van der Waals surface area contributed by atoms with Crippen molar-refractivity contribution in [3.63, 3.8) is 0 Å². The molecule has 2 aromatic rings. The van der Waals surface area contributed by atoms with Crippen LogP contribution in [0.5, 0.6) is 0 Å². The first-order valence-electron chi connectivity index (χ1n) is 11.3. The molecule has 1 aliphatic rings. The summed E-state index contributed by atoms with van der Waals surface area (Å²) in [5, 5.41) is 5.10. The highest BCUT2D eigenvalue weighted by molar-refractivity contribution is 5.94. The molecule has 8 heteroatoms. The van der Waals surface area contributed by atoms with Gasteiger partial charge in [-0.15, -0.1) is 0 Å². The monoisotopic (exact) mass is 483 g/mol. The summed E-state index contributed by atoms with van der Waals surface area (Å²) in [4.78, 5) is 22.1.